The van der Waals surface area contributed by atoms with E-state index in [0.29, 0.717) is 0 Å². The fourth-order valence-corrected chi connectivity index (χ4v) is 6.24. The zero-order valence-corrected chi connectivity index (χ0v) is 20.9. The van der Waals surface area contributed by atoms with Crippen LogP contribution < -0.4 is 0 Å². The van der Waals surface area contributed by atoms with Gasteiger partial charge in [0, 0.05) is 22.7 Å². The van der Waals surface area contributed by atoms with Crippen LogP contribution in [0, 0.1) is 6.92 Å². The summed E-state index contributed by atoms with van der Waals surface area (Å²) < 4.78 is 8.39. The first-order chi connectivity index (χ1) is 17.2. The Morgan fingerprint density at radius 3 is 2.49 bits per heavy atom. The highest BCUT2D eigenvalue weighted by Gasteiger charge is 2.39. The average molecular weight is 465 g/mol. The third-order valence-electron chi connectivity index (χ3n) is 8.31. The van der Waals surface area contributed by atoms with Crippen molar-refractivity contribution in [1.82, 2.24) is 9.47 Å². The van der Waals surface area contributed by atoms with Crippen molar-refractivity contribution in [1.29, 1.82) is 0 Å². The quantitative estimate of drug-likeness (QED) is 0.291. The summed E-state index contributed by atoms with van der Waals surface area (Å²) >= 11 is 0. The molecule has 6 rings (SSSR count). The topological polar surface area (TPSA) is 17.4 Å². The van der Waals surface area contributed by atoms with E-state index in [1.54, 1.807) is 5.56 Å². The maximum Gasteiger partial charge on any atom is 0.0720 e. The summed E-state index contributed by atoms with van der Waals surface area (Å²) in [6.07, 6.45) is 8.42. The van der Waals surface area contributed by atoms with Crippen LogP contribution in [0.25, 0.3) is 16.6 Å². The molecule has 0 N–H and O–H groups in total. The van der Waals surface area contributed by atoms with Gasteiger partial charge in [-0.15, -0.1) is 0 Å². The predicted octanol–water partition coefficient (Wildman–Crippen LogP) is 6.83. The van der Waals surface area contributed by atoms with Gasteiger partial charge in [0.2, 0.25) is 0 Å². The lowest BCUT2D eigenvalue weighted by molar-refractivity contribution is 0.0185. The minimum Gasteiger partial charge on any atom is -0.376 e. The average Bonchev–Trinajstić information content (AvgIpc) is 3.27. The highest BCUT2D eigenvalue weighted by molar-refractivity contribution is 5.85. The van der Waals surface area contributed by atoms with Crippen molar-refractivity contribution in [2.45, 2.75) is 51.0 Å². The van der Waals surface area contributed by atoms with Gasteiger partial charge in [0.15, 0.2) is 0 Å². The number of aromatic nitrogens is 1. The fraction of sp³-hybridized carbons (Fsp3) is 0.375. The lowest BCUT2D eigenvalue weighted by atomic mass is 9.70. The van der Waals surface area contributed by atoms with Crippen LogP contribution in [0.1, 0.15) is 47.9 Å². The molecule has 180 valence electrons. The molecule has 1 saturated heterocycles. The molecule has 0 unspecified atom stereocenters. The number of likely N-dealkylation sites (tertiary alicyclic amines) is 1. The number of nitrogens with zero attached hydrogens (tertiary/aromatic N) is 2. The van der Waals surface area contributed by atoms with E-state index in [0.717, 1.165) is 19.6 Å². The Labute approximate surface area is 209 Å². The summed E-state index contributed by atoms with van der Waals surface area (Å²) in [6, 6.07) is 26.6. The third kappa shape index (κ3) is 4.44. The Bertz CT molecular complexity index is 1290. The van der Waals surface area contributed by atoms with Gasteiger partial charge in [0.1, 0.15) is 0 Å². The molecule has 0 aliphatic carbocycles. The Morgan fingerprint density at radius 1 is 0.857 bits per heavy atom. The molecule has 0 radical (unpaired) electrons. The first-order valence-electron chi connectivity index (χ1n) is 13.3. The minimum atomic E-state index is 0.239. The molecule has 35 heavy (non-hydrogen) atoms. The number of hydrogen-bond acceptors (Lipinski definition) is 2. The molecule has 2 aliphatic heterocycles. The molecule has 3 heterocycles. The molecule has 0 atom stereocenters. The van der Waals surface area contributed by atoms with E-state index < -0.39 is 0 Å². The van der Waals surface area contributed by atoms with E-state index in [2.05, 4.69) is 95.4 Å². The number of aryl methyl sites for hydroxylation is 2. The number of ether oxygens (including phenoxy) is 1. The summed E-state index contributed by atoms with van der Waals surface area (Å²) in [7, 11) is 0. The van der Waals surface area contributed by atoms with Gasteiger partial charge in [-0.1, -0.05) is 60.2 Å². The number of fused-ring (bicyclic) bond motifs is 3. The number of hydrogen-bond donors (Lipinski definition) is 0. The van der Waals surface area contributed by atoms with Crippen molar-refractivity contribution in [3.8, 4) is 5.69 Å². The van der Waals surface area contributed by atoms with E-state index in [-0.39, 0.29) is 5.41 Å². The second-order valence-electron chi connectivity index (χ2n) is 10.6. The van der Waals surface area contributed by atoms with E-state index in [1.807, 2.05) is 0 Å². The van der Waals surface area contributed by atoms with Crippen LogP contribution in [0.2, 0.25) is 0 Å². The lowest BCUT2D eigenvalue weighted by Crippen LogP contribution is -2.47. The smallest absolute Gasteiger partial charge is 0.0720 e. The molecule has 2 aliphatic rings. The monoisotopic (exact) mass is 464 g/mol. The van der Waals surface area contributed by atoms with Gasteiger partial charge in [0.05, 0.1) is 18.7 Å². The molecular formula is C32H36N2O. The largest absolute Gasteiger partial charge is 0.376 e. The van der Waals surface area contributed by atoms with Crippen molar-refractivity contribution in [2.75, 3.05) is 26.2 Å². The van der Waals surface area contributed by atoms with Crippen molar-refractivity contribution < 1.29 is 4.74 Å². The highest BCUT2D eigenvalue weighted by Crippen LogP contribution is 2.40. The summed E-state index contributed by atoms with van der Waals surface area (Å²) in [5.74, 6) is 0. The van der Waals surface area contributed by atoms with Crippen LogP contribution in [-0.4, -0.2) is 35.7 Å². The number of benzene rings is 3. The molecule has 3 heteroatoms. The first-order valence-corrected chi connectivity index (χ1v) is 13.3. The van der Waals surface area contributed by atoms with Gasteiger partial charge in [-0.05, 0) is 93.6 Å². The molecule has 4 aromatic rings. The Morgan fingerprint density at radius 2 is 1.63 bits per heavy atom. The number of rotatable bonds is 6. The molecule has 3 aromatic carbocycles. The predicted molar refractivity (Wildman–Crippen MR) is 144 cm³/mol. The summed E-state index contributed by atoms with van der Waals surface area (Å²) in [4.78, 5) is 2.68. The van der Waals surface area contributed by atoms with E-state index in [9.17, 15) is 0 Å². The van der Waals surface area contributed by atoms with Gasteiger partial charge in [-0.3, -0.25) is 0 Å². The molecule has 1 aromatic heterocycles. The summed E-state index contributed by atoms with van der Waals surface area (Å²) in [5.41, 5.74) is 8.51. The van der Waals surface area contributed by atoms with E-state index in [4.69, 9.17) is 4.74 Å². The SMILES string of the molecule is Cc1ccc(-n2cc(CCCCN3CCC4(CC3)COCc3ccccc34)c3ccccc32)cc1. The Balaban J connectivity index is 1.06. The zero-order valence-electron chi connectivity index (χ0n) is 20.9. The van der Waals surface area contributed by atoms with Crippen LogP contribution in [-0.2, 0) is 23.2 Å². The van der Waals surface area contributed by atoms with Crippen LogP contribution in [0.3, 0.4) is 0 Å². The van der Waals surface area contributed by atoms with E-state index >= 15 is 0 Å². The number of piperidine rings is 1. The van der Waals surface area contributed by atoms with Gasteiger partial charge >= 0.3 is 0 Å². The van der Waals surface area contributed by atoms with Crippen molar-refractivity contribution >= 4 is 10.9 Å². The fourth-order valence-electron chi connectivity index (χ4n) is 6.24. The Hall–Kier alpha value is -2.88. The van der Waals surface area contributed by atoms with Crippen molar-refractivity contribution in [3.05, 3.63) is 101 Å². The highest BCUT2D eigenvalue weighted by atomic mass is 16.5. The molecule has 1 spiro atoms. The maximum atomic E-state index is 6.03. The maximum absolute atomic E-state index is 6.03. The molecule has 3 nitrogen and oxygen atoms in total. The molecule has 0 bridgehead atoms. The second-order valence-corrected chi connectivity index (χ2v) is 10.6. The zero-order chi connectivity index (χ0) is 23.7. The van der Waals surface area contributed by atoms with Crippen molar-refractivity contribution in [3.63, 3.8) is 0 Å². The normalized spacial score (nSPS) is 17.6. The van der Waals surface area contributed by atoms with Crippen LogP contribution >= 0.6 is 0 Å². The van der Waals surface area contributed by atoms with Gasteiger partial charge in [-0.2, -0.15) is 0 Å². The van der Waals surface area contributed by atoms with Gasteiger partial charge < -0.3 is 14.2 Å². The van der Waals surface area contributed by atoms with E-state index in [1.165, 1.54) is 78.6 Å². The van der Waals surface area contributed by atoms with Crippen LogP contribution in [0.4, 0.5) is 0 Å². The van der Waals surface area contributed by atoms with Gasteiger partial charge in [-0.25, -0.2) is 0 Å². The molecular weight excluding hydrogens is 428 g/mol. The molecule has 0 saturated carbocycles. The standard InChI is InChI=1S/C32H36N2O/c1-25-13-15-28(16-14-25)34-22-26(29-10-3-5-12-31(29)34)8-6-7-19-33-20-17-32(18-21-33)24-35-23-27-9-2-4-11-30(27)32/h2-5,9-16,22H,6-8,17-21,23-24H2,1H3. The summed E-state index contributed by atoms with van der Waals surface area (Å²) in [5, 5.41) is 1.39. The minimum absolute atomic E-state index is 0.239. The second kappa shape index (κ2) is 9.64. The van der Waals surface area contributed by atoms with Gasteiger partial charge in [0.25, 0.3) is 0 Å². The third-order valence-corrected chi connectivity index (χ3v) is 8.31. The van der Waals surface area contributed by atoms with Crippen LogP contribution in [0.5, 0.6) is 0 Å². The number of unbranched alkanes of at least 4 members (excludes halogenated alkanes) is 1. The number of para-hydroxylation sites is 1. The lowest BCUT2D eigenvalue weighted by Gasteiger charge is -2.45. The summed E-state index contributed by atoms with van der Waals surface area (Å²) in [6.45, 7) is 7.39. The van der Waals surface area contributed by atoms with Crippen LogP contribution in [0.15, 0.2) is 79.0 Å². The van der Waals surface area contributed by atoms with Crippen molar-refractivity contribution in [2.24, 2.45) is 0 Å². The Kier molecular flexibility index (Phi) is 6.22. The molecule has 0 amide bonds. The molecule has 1 fully saturated rings. The first kappa shape index (κ1) is 22.6.